The first kappa shape index (κ1) is 14.9. The molecule has 0 saturated heterocycles. The molecule has 24 heavy (non-hydrogen) atoms. The topological polar surface area (TPSA) is 85.7 Å². The number of nitrogens with zero attached hydrogens (tertiary/aromatic N) is 3. The van der Waals surface area contributed by atoms with Crippen molar-refractivity contribution in [1.29, 1.82) is 0 Å². The van der Waals surface area contributed by atoms with Gasteiger partial charge in [0.2, 0.25) is 11.8 Å². The van der Waals surface area contributed by atoms with Crippen molar-refractivity contribution in [2.24, 2.45) is 9.98 Å². The molecule has 0 unspecified atom stereocenters. The Morgan fingerprint density at radius 2 is 2.00 bits per heavy atom. The highest BCUT2D eigenvalue weighted by atomic mass is 16.3. The number of benzene rings is 1. The van der Waals surface area contributed by atoms with Crippen molar-refractivity contribution >= 4 is 24.1 Å². The summed E-state index contributed by atoms with van der Waals surface area (Å²) in [7, 11) is 0. The van der Waals surface area contributed by atoms with Gasteiger partial charge in [-0.05, 0) is 36.3 Å². The highest BCUT2D eigenvalue weighted by Gasteiger charge is 2.14. The lowest BCUT2D eigenvalue weighted by molar-refractivity contribution is 0.455. The fourth-order valence-electron chi connectivity index (χ4n) is 3.33. The second-order valence-corrected chi connectivity index (χ2v) is 6.42. The third-order valence-corrected chi connectivity index (χ3v) is 4.61. The molecule has 1 aromatic heterocycles. The molecule has 0 radical (unpaired) electrons. The summed E-state index contributed by atoms with van der Waals surface area (Å²) in [5.41, 5.74) is 1.45. The molecule has 0 amide bonds. The lowest BCUT2D eigenvalue weighted by Crippen LogP contribution is -2.19. The van der Waals surface area contributed by atoms with Gasteiger partial charge in [-0.3, -0.25) is 0 Å². The number of aromatic amines is 1. The molecular formula is C18H21N5O. The summed E-state index contributed by atoms with van der Waals surface area (Å²) in [5, 5.41) is 15.4. The molecular weight excluding hydrogens is 302 g/mol. The zero-order valence-corrected chi connectivity index (χ0v) is 13.5. The first-order chi connectivity index (χ1) is 11.8. The molecule has 1 aliphatic heterocycles. The average Bonchev–Trinajstić information content (AvgIpc) is 3.07. The van der Waals surface area contributed by atoms with Crippen LogP contribution in [0.5, 0.6) is 5.88 Å². The highest BCUT2D eigenvalue weighted by molar-refractivity contribution is 5.67. The first-order valence-electron chi connectivity index (χ1n) is 8.55. The zero-order chi connectivity index (χ0) is 16.4. The van der Waals surface area contributed by atoms with Crippen molar-refractivity contribution in [3.05, 3.63) is 34.5 Å². The Morgan fingerprint density at radius 3 is 2.83 bits per heavy atom. The molecule has 0 atom stereocenters. The summed E-state index contributed by atoms with van der Waals surface area (Å²) >= 11 is 0. The minimum absolute atomic E-state index is 0.0137. The summed E-state index contributed by atoms with van der Waals surface area (Å²) in [6, 6.07) is 6.25. The van der Waals surface area contributed by atoms with Crippen LogP contribution in [0.4, 0.5) is 11.6 Å². The molecule has 1 aromatic carbocycles. The minimum Gasteiger partial charge on any atom is -0.492 e. The van der Waals surface area contributed by atoms with E-state index in [1.54, 1.807) is 6.34 Å². The molecule has 1 fully saturated rings. The maximum atomic E-state index is 10.1. The third-order valence-electron chi connectivity index (χ3n) is 4.61. The van der Waals surface area contributed by atoms with Gasteiger partial charge in [0.15, 0.2) is 0 Å². The van der Waals surface area contributed by atoms with Gasteiger partial charge in [0.25, 0.3) is 0 Å². The van der Waals surface area contributed by atoms with Gasteiger partial charge in [-0.25, -0.2) is 9.98 Å². The molecule has 2 aliphatic rings. The van der Waals surface area contributed by atoms with E-state index in [0.29, 0.717) is 17.7 Å². The maximum Gasteiger partial charge on any atom is 0.238 e. The van der Waals surface area contributed by atoms with Gasteiger partial charge in [0.05, 0.1) is 11.0 Å². The summed E-state index contributed by atoms with van der Waals surface area (Å²) in [5.74, 6) is 0.652. The van der Waals surface area contributed by atoms with Gasteiger partial charge < -0.3 is 15.4 Å². The van der Waals surface area contributed by atoms with Crippen molar-refractivity contribution < 1.29 is 5.11 Å². The van der Waals surface area contributed by atoms with Crippen molar-refractivity contribution in [2.45, 2.75) is 44.6 Å². The molecule has 0 spiro atoms. The van der Waals surface area contributed by atoms with Crippen LogP contribution in [0.3, 0.4) is 0 Å². The second-order valence-electron chi connectivity index (χ2n) is 6.42. The Morgan fingerprint density at radius 1 is 1.17 bits per heavy atom. The molecule has 0 bridgehead atoms. The van der Waals surface area contributed by atoms with Crippen LogP contribution in [0.15, 0.2) is 28.2 Å². The molecule has 4 rings (SSSR count). The Bertz CT molecular complexity index is 875. The number of hydrogen-bond acceptors (Lipinski definition) is 5. The van der Waals surface area contributed by atoms with Crippen LogP contribution in [0.1, 0.15) is 44.2 Å². The number of aromatic hydroxyl groups is 1. The van der Waals surface area contributed by atoms with Crippen molar-refractivity contribution in [2.75, 3.05) is 5.32 Å². The predicted octanol–water partition coefficient (Wildman–Crippen LogP) is 2.37. The van der Waals surface area contributed by atoms with E-state index in [4.69, 9.17) is 0 Å². The third kappa shape index (κ3) is 3.18. The predicted molar refractivity (Wildman–Crippen MR) is 94.3 cm³/mol. The van der Waals surface area contributed by atoms with Gasteiger partial charge in [0, 0.05) is 6.04 Å². The zero-order valence-electron chi connectivity index (χ0n) is 13.5. The SMILES string of the molecule is Oc1nc(NC2CCCCCC2)[nH]c1C=c1ccc2c(c1)N=CN=2. The molecule has 6 nitrogen and oxygen atoms in total. The number of imidazole rings is 1. The number of hydrogen-bond donors (Lipinski definition) is 3. The highest BCUT2D eigenvalue weighted by Crippen LogP contribution is 2.22. The van der Waals surface area contributed by atoms with Crippen LogP contribution >= 0.6 is 0 Å². The number of aromatic nitrogens is 2. The van der Waals surface area contributed by atoms with Crippen LogP contribution in [-0.4, -0.2) is 27.5 Å². The van der Waals surface area contributed by atoms with E-state index in [-0.39, 0.29) is 5.88 Å². The quantitative estimate of drug-likeness (QED) is 0.758. The Kier molecular flexibility index (Phi) is 4.02. The van der Waals surface area contributed by atoms with Gasteiger partial charge in [-0.1, -0.05) is 31.7 Å². The van der Waals surface area contributed by atoms with E-state index in [2.05, 4.69) is 25.3 Å². The van der Waals surface area contributed by atoms with E-state index < -0.39 is 0 Å². The van der Waals surface area contributed by atoms with Gasteiger partial charge in [0.1, 0.15) is 12.0 Å². The molecule has 2 aromatic rings. The average molecular weight is 323 g/mol. The van der Waals surface area contributed by atoms with Crippen LogP contribution in [0.2, 0.25) is 0 Å². The van der Waals surface area contributed by atoms with E-state index in [1.807, 2.05) is 24.3 Å². The van der Waals surface area contributed by atoms with Crippen LogP contribution < -0.4 is 15.9 Å². The van der Waals surface area contributed by atoms with Crippen molar-refractivity contribution in [1.82, 2.24) is 9.97 Å². The Labute approximate surface area is 140 Å². The van der Waals surface area contributed by atoms with Crippen LogP contribution in [-0.2, 0) is 0 Å². The number of anilines is 1. The standard InChI is InChI=1S/C18H21N5O/c24-17-16(10-12-7-8-14-15(9-12)20-11-19-14)22-18(23-17)21-13-5-3-1-2-4-6-13/h7-11,13,24H,1-6H2,(H2,21,22,23). The fraction of sp³-hybridized carbons (Fsp3) is 0.389. The Hall–Kier alpha value is -2.63. The van der Waals surface area contributed by atoms with Crippen LogP contribution in [0, 0.1) is 0 Å². The maximum absolute atomic E-state index is 10.1. The molecule has 3 N–H and O–H groups in total. The summed E-state index contributed by atoms with van der Waals surface area (Å²) in [6.07, 6.45) is 10.9. The molecule has 1 aliphatic carbocycles. The molecule has 6 heteroatoms. The van der Waals surface area contributed by atoms with E-state index in [0.717, 1.165) is 29.1 Å². The van der Waals surface area contributed by atoms with E-state index in [1.165, 1.54) is 25.7 Å². The number of rotatable bonds is 3. The largest absolute Gasteiger partial charge is 0.492 e. The lowest BCUT2D eigenvalue weighted by Gasteiger charge is -2.14. The fourth-order valence-corrected chi connectivity index (χ4v) is 3.33. The van der Waals surface area contributed by atoms with Gasteiger partial charge >= 0.3 is 0 Å². The number of aliphatic imine (C=N–C) groups is 1. The van der Waals surface area contributed by atoms with Crippen LogP contribution in [0.25, 0.3) is 6.08 Å². The minimum atomic E-state index is 0.0137. The van der Waals surface area contributed by atoms with Crippen molar-refractivity contribution in [3.63, 3.8) is 0 Å². The number of nitrogens with one attached hydrogen (secondary N) is 2. The summed E-state index contributed by atoms with van der Waals surface area (Å²) in [4.78, 5) is 15.7. The van der Waals surface area contributed by atoms with Gasteiger partial charge in [-0.15, -0.1) is 0 Å². The van der Waals surface area contributed by atoms with Gasteiger partial charge in [-0.2, -0.15) is 4.98 Å². The molecule has 1 saturated carbocycles. The Balaban J connectivity index is 1.56. The summed E-state index contributed by atoms with van der Waals surface area (Å²) in [6.45, 7) is 0. The van der Waals surface area contributed by atoms with Crippen molar-refractivity contribution in [3.8, 4) is 5.88 Å². The monoisotopic (exact) mass is 323 g/mol. The summed E-state index contributed by atoms with van der Waals surface area (Å²) < 4.78 is 0. The first-order valence-corrected chi connectivity index (χ1v) is 8.55. The normalized spacial score (nSPS) is 18.2. The smallest absolute Gasteiger partial charge is 0.238 e. The molecule has 2 heterocycles. The van der Waals surface area contributed by atoms with E-state index in [9.17, 15) is 5.11 Å². The second kappa shape index (κ2) is 6.47. The molecule has 124 valence electrons. The lowest BCUT2D eigenvalue weighted by atomic mass is 10.1. The van der Waals surface area contributed by atoms with E-state index >= 15 is 0 Å². The number of H-pyrrole nitrogens is 1. The number of fused-ring (bicyclic) bond motifs is 1.